The van der Waals surface area contributed by atoms with Gasteiger partial charge in [0.1, 0.15) is 11.7 Å². The summed E-state index contributed by atoms with van der Waals surface area (Å²) in [4.78, 5) is 6.47. The zero-order valence-electron chi connectivity index (χ0n) is 10.6. The van der Waals surface area contributed by atoms with Crippen molar-refractivity contribution in [1.82, 2.24) is 4.98 Å². The van der Waals surface area contributed by atoms with Crippen LogP contribution in [-0.4, -0.2) is 23.9 Å². The Morgan fingerprint density at radius 3 is 2.72 bits per heavy atom. The maximum Gasteiger partial charge on any atom is 0.148 e. The van der Waals surface area contributed by atoms with Gasteiger partial charge >= 0.3 is 0 Å². The molecule has 1 aromatic rings. The molecule has 18 heavy (non-hydrogen) atoms. The maximum absolute atomic E-state index is 7.51. The largest absolute Gasteiger partial charge is 0.384 e. The predicted octanol–water partition coefficient (Wildman–Crippen LogP) is 2.79. The summed E-state index contributed by atoms with van der Waals surface area (Å²) < 4.78 is 0. The van der Waals surface area contributed by atoms with Crippen molar-refractivity contribution in [2.24, 2.45) is 5.73 Å². The Labute approximate surface area is 113 Å². The SMILES string of the molecule is CN(c1nccc(C(=N)N)c1Cl)C1CCCCC1. The number of hydrogen-bond donors (Lipinski definition) is 2. The van der Waals surface area contributed by atoms with Crippen molar-refractivity contribution in [3.05, 3.63) is 22.8 Å². The van der Waals surface area contributed by atoms with Crippen molar-refractivity contribution in [2.75, 3.05) is 11.9 Å². The standard InChI is InChI=1S/C13H19ClN4/c1-18(9-5-3-2-4-6-9)13-11(14)10(12(15)16)7-8-17-13/h7-9H,2-6H2,1H3,(H3,15,16). The van der Waals surface area contributed by atoms with Crippen molar-refractivity contribution in [3.8, 4) is 0 Å². The molecule has 3 N–H and O–H groups in total. The molecular weight excluding hydrogens is 248 g/mol. The van der Waals surface area contributed by atoms with Gasteiger partial charge in [0.2, 0.25) is 0 Å². The van der Waals surface area contributed by atoms with Crippen LogP contribution in [0.5, 0.6) is 0 Å². The number of hydrogen-bond acceptors (Lipinski definition) is 3. The Bertz CT molecular complexity index is 441. The first kappa shape index (κ1) is 13.1. The van der Waals surface area contributed by atoms with Gasteiger partial charge in [0, 0.05) is 24.8 Å². The van der Waals surface area contributed by atoms with Crippen molar-refractivity contribution in [1.29, 1.82) is 5.41 Å². The Kier molecular flexibility index (Phi) is 4.07. The molecule has 2 rings (SSSR count). The number of nitrogens with two attached hydrogens (primary N) is 1. The van der Waals surface area contributed by atoms with E-state index in [1.165, 1.54) is 32.1 Å². The summed E-state index contributed by atoms with van der Waals surface area (Å²) in [5.41, 5.74) is 6.07. The highest BCUT2D eigenvalue weighted by Gasteiger charge is 2.22. The molecule has 0 bridgehead atoms. The summed E-state index contributed by atoms with van der Waals surface area (Å²) in [6.07, 6.45) is 7.87. The number of halogens is 1. The molecule has 1 heterocycles. The molecule has 1 aliphatic carbocycles. The van der Waals surface area contributed by atoms with E-state index < -0.39 is 0 Å². The second-order valence-corrected chi connectivity index (χ2v) is 5.19. The summed E-state index contributed by atoms with van der Waals surface area (Å²) in [5, 5.41) is 7.99. The number of pyridine rings is 1. The molecule has 1 fully saturated rings. The van der Waals surface area contributed by atoms with Crippen LogP contribution >= 0.6 is 11.6 Å². The molecule has 1 saturated carbocycles. The Hall–Kier alpha value is -1.29. The molecule has 0 aromatic carbocycles. The molecule has 0 saturated heterocycles. The molecule has 98 valence electrons. The van der Waals surface area contributed by atoms with E-state index in [0.717, 1.165) is 5.82 Å². The van der Waals surface area contributed by atoms with Crippen molar-refractivity contribution in [2.45, 2.75) is 38.1 Å². The van der Waals surface area contributed by atoms with Gasteiger partial charge in [0.15, 0.2) is 0 Å². The first-order valence-electron chi connectivity index (χ1n) is 6.33. The normalized spacial score (nSPS) is 16.6. The highest BCUT2D eigenvalue weighted by atomic mass is 35.5. The third-order valence-electron chi connectivity index (χ3n) is 3.62. The van der Waals surface area contributed by atoms with E-state index in [9.17, 15) is 0 Å². The molecule has 0 radical (unpaired) electrons. The van der Waals surface area contributed by atoms with Crippen LogP contribution in [0.3, 0.4) is 0 Å². The maximum atomic E-state index is 7.51. The second-order valence-electron chi connectivity index (χ2n) is 4.81. The summed E-state index contributed by atoms with van der Waals surface area (Å²) in [6.45, 7) is 0. The van der Waals surface area contributed by atoms with Gasteiger partial charge in [0.05, 0.1) is 5.02 Å². The summed E-state index contributed by atoms with van der Waals surface area (Å²) >= 11 is 6.29. The average Bonchev–Trinajstić information content (AvgIpc) is 2.39. The molecule has 0 spiro atoms. The second kappa shape index (κ2) is 5.57. The van der Waals surface area contributed by atoms with Gasteiger partial charge < -0.3 is 10.6 Å². The first-order chi connectivity index (χ1) is 8.61. The molecule has 5 heteroatoms. The minimum atomic E-state index is -0.0132. The minimum absolute atomic E-state index is 0.0132. The van der Waals surface area contributed by atoms with Crippen molar-refractivity contribution < 1.29 is 0 Å². The van der Waals surface area contributed by atoms with Crippen LogP contribution in [0.4, 0.5) is 5.82 Å². The molecule has 0 unspecified atom stereocenters. The number of aromatic nitrogens is 1. The van der Waals surface area contributed by atoms with E-state index in [1.807, 2.05) is 7.05 Å². The topological polar surface area (TPSA) is 66.0 Å². The highest BCUT2D eigenvalue weighted by Crippen LogP contribution is 2.31. The molecular formula is C13H19ClN4. The van der Waals surface area contributed by atoms with E-state index >= 15 is 0 Å². The van der Waals surface area contributed by atoms with Gasteiger partial charge in [0.25, 0.3) is 0 Å². The predicted molar refractivity (Wildman–Crippen MR) is 75.5 cm³/mol. The zero-order chi connectivity index (χ0) is 13.1. The molecule has 0 aliphatic heterocycles. The number of anilines is 1. The molecule has 1 aromatic heterocycles. The van der Waals surface area contributed by atoms with Crippen LogP contribution in [-0.2, 0) is 0 Å². The zero-order valence-corrected chi connectivity index (χ0v) is 11.4. The molecule has 1 aliphatic rings. The van der Waals surface area contributed by atoms with Crippen LogP contribution < -0.4 is 10.6 Å². The number of nitrogen functional groups attached to an aromatic ring is 1. The monoisotopic (exact) mass is 266 g/mol. The molecule has 0 atom stereocenters. The van der Waals surface area contributed by atoms with Crippen LogP contribution in [0.15, 0.2) is 12.3 Å². The van der Waals surface area contributed by atoms with Crippen LogP contribution in [0, 0.1) is 5.41 Å². The number of nitrogens with zero attached hydrogens (tertiary/aromatic N) is 2. The summed E-state index contributed by atoms with van der Waals surface area (Å²) in [5.74, 6) is 0.719. The number of rotatable bonds is 3. The quantitative estimate of drug-likeness (QED) is 0.653. The van der Waals surface area contributed by atoms with Crippen LogP contribution in [0.1, 0.15) is 37.7 Å². The number of nitrogens with one attached hydrogen (secondary N) is 1. The lowest BCUT2D eigenvalue weighted by atomic mass is 9.94. The van der Waals surface area contributed by atoms with Crippen LogP contribution in [0.25, 0.3) is 0 Å². The van der Waals surface area contributed by atoms with Gasteiger partial charge in [-0.2, -0.15) is 0 Å². The van der Waals surface area contributed by atoms with Gasteiger partial charge in [-0.15, -0.1) is 0 Å². The van der Waals surface area contributed by atoms with E-state index in [-0.39, 0.29) is 5.84 Å². The van der Waals surface area contributed by atoms with Gasteiger partial charge in [-0.1, -0.05) is 30.9 Å². The van der Waals surface area contributed by atoms with E-state index in [0.29, 0.717) is 16.6 Å². The molecule has 0 amide bonds. The van der Waals surface area contributed by atoms with Gasteiger partial charge in [-0.05, 0) is 18.9 Å². The van der Waals surface area contributed by atoms with Crippen molar-refractivity contribution in [3.63, 3.8) is 0 Å². The Balaban J connectivity index is 2.26. The fraction of sp³-hybridized carbons (Fsp3) is 0.538. The lowest BCUT2D eigenvalue weighted by Crippen LogP contribution is -2.34. The lowest BCUT2D eigenvalue weighted by Gasteiger charge is -2.32. The summed E-state index contributed by atoms with van der Waals surface area (Å²) in [7, 11) is 2.02. The van der Waals surface area contributed by atoms with E-state index in [4.69, 9.17) is 22.7 Å². The Morgan fingerprint density at radius 1 is 1.44 bits per heavy atom. The molecule has 4 nitrogen and oxygen atoms in total. The summed E-state index contributed by atoms with van der Waals surface area (Å²) in [6, 6.07) is 2.18. The third kappa shape index (κ3) is 2.58. The smallest absolute Gasteiger partial charge is 0.148 e. The Morgan fingerprint density at radius 2 is 2.11 bits per heavy atom. The average molecular weight is 267 g/mol. The third-order valence-corrected chi connectivity index (χ3v) is 3.99. The first-order valence-corrected chi connectivity index (χ1v) is 6.70. The fourth-order valence-corrected chi connectivity index (χ4v) is 2.87. The van der Waals surface area contributed by atoms with Gasteiger partial charge in [-0.25, -0.2) is 4.98 Å². The van der Waals surface area contributed by atoms with Crippen LogP contribution in [0.2, 0.25) is 5.02 Å². The van der Waals surface area contributed by atoms with Gasteiger partial charge in [-0.3, -0.25) is 5.41 Å². The fourth-order valence-electron chi connectivity index (χ4n) is 2.53. The number of amidine groups is 1. The highest BCUT2D eigenvalue weighted by molar-refractivity contribution is 6.36. The minimum Gasteiger partial charge on any atom is -0.384 e. The lowest BCUT2D eigenvalue weighted by molar-refractivity contribution is 0.426. The van der Waals surface area contributed by atoms with E-state index in [1.54, 1.807) is 12.3 Å². The van der Waals surface area contributed by atoms with E-state index in [2.05, 4.69) is 9.88 Å². The van der Waals surface area contributed by atoms with Crippen molar-refractivity contribution >= 4 is 23.3 Å².